The van der Waals surface area contributed by atoms with E-state index in [2.05, 4.69) is 10.3 Å². The SMILES string of the molecule is O=C1CCCN1Cc1cn(C2CN(S(=O)(=O)c3ccccc3C(F)(F)F)C2)nn1. The first-order valence-corrected chi connectivity index (χ1v) is 10.4. The lowest BCUT2D eigenvalue weighted by Crippen LogP contribution is -2.51. The molecule has 2 saturated heterocycles. The minimum atomic E-state index is -4.76. The molecule has 0 atom stereocenters. The molecule has 1 aromatic carbocycles. The van der Waals surface area contributed by atoms with Gasteiger partial charge in [0.2, 0.25) is 15.9 Å². The van der Waals surface area contributed by atoms with Crippen LogP contribution in [0.4, 0.5) is 13.2 Å². The van der Waals surface area contributed by atoms with Gasteiger partial charge in [-0.1, -0.05) is 17.3 Å². The third-order valence-electron chi connectivity index (χ3n) is 5.10. The van der Waals surface area contributed by atoms with Gasteiger partial charge in [0.1, 0.15) is 5.69 Å². The summed E-state index contributed by atoms with van der Waals surface area (Å²) in [4.78, 5) is 12.6. The van der Waals surface area contributed by atoms with Crippen LogP contribution in [0.25, 0.3) is 0 Å². The zero-order valence-corrected chi connectivity index (χ0v) is 16.0. The lowest BCUT2D eigenvalue weighted by atomic mass is 10.2. The Hall–Kier alpha value is -2.47. The van der Waals surface area contributed by atoms with E-state index in [0.717, 1.165) is 28.9 Å². The number of amides is 1. The van der Waals surface area contributed by atoms with Gasteiger partial charge in [-0.05, 0) is 18.6 Å². The Morgan fingerprint density at radius 3 is 2.55 bits per heavy atom. The molecule has 0 N–H and O–H groups in total. The Morgan fingerprint density at radius 2 is 1.90 bits per heavy atom. The molecule has 0 aliphatic carbocycles. The summed E-state index contributed by atoms with van der Waals surface area (Å²) in [5.74, 6) is 0.0591. The van der Waals surface area contributed by atoms with Gasteiger partial charge in [0.15, 0.2) is 0 Å². The standard InChI is InChI=1S/C17H18F3N5O3S/c18-17(19,20)14-4-1-2-5-15(14)29(27,28)24-10-13(11-24)25-9-12(21-22-25)8-23-7-3-6-16(23)26/h1-2,4-5,9,13H,3,6-8,10-11H2. The monoisotopic (exact) mass is 429 g/mol. The zero-order valence-electron chi connectivity index (χ0n) is 15.2. The second kappa shape index (κ2) is 7.10. The minimum absolute atomic E-state index is 0.0000302. The molecular weight excluding hydrogens is 411 g/mol. The highest BCUT2D eigenvalue weighted by molar-refractivity contribution is 7.89. The van der Waals surface area contributed by atoms with Crippen LogP contribution >= 0.6 is 0 Å². The molecule has 0 spiro atoms. The van der Waals surface area contributed by atoms with Crippen molar-refractivity contribution in [3.8, 4) is 0 Å². The number of nitrogens with zero attached hydrogens (tertiary/aromatic N) is 5. The molecule has 1 aromatic heterocycles. The summed E-state index contributed by atoms with van der Waals surface area (Å²) in [5.41, 5.74) is -0.592. The lowest BCUT2D eigenvalue weighted by Gasteiger charge is -2.38. The third kappa shape index (κ3) is 3.73. The number of hydrogen-bond donors (Lipinski definition) is 0. The van der Waals surface area contributed by atoms with E-state index in [1.54, 1.807) is 11.1 Å². The second-order valence-corrected chi connectivity index (χ2v) is 8.98. The molecule has 0 unspecified atom stereocenters. The van der Waals surface area contributed by atoms with Crippen LogP contribution in [0.15, 0.2) is 35.4 Å². The highest BCUT2D eigenvalue weighted by Crippen LogP contribution is 2.37. The molecule has 2 aliphatic heterocycles. The predicted molar refractivity (Wildman–Crippen MR) is 93.9 cm³/mol. The molecule has 156 valence electrons. The molecule has 2 aromatic rings. The van der Waals surface area contributed by atoms with Crippen molar-refractivity contribution in [2.45, 2.75) is 36.5 Å². The highest BCUT2D eigenvalue weighted by atomic mass is 32.2. The van der Waals surface area contributed by atoms with Crippen molar-refractivity contribution in [1.29, 1.82) is 0 Å². The first kappa shape index (κ1) is 19.8. The van der Waals surface area contributed by atoms with Gasteiger partial charge in [-0.15, -0.1) is 5.10 Å². The van der Waals surface area contributed by atoms with Crippen LogP contribution < -0.4 is 0 Å². The molecule has 8 nitrogen and oxygen atoms in total. The number of halogens is 3. The Morgan fingerprint density at radius 1 is 1.17 bits per heavy atom. The quantitative estimate of drug-likeness (QED) is 0.722. The minimum Gasteiger partial charge on any atom is -0.337 e. The summed E-state index contributed by atoms with van der Waals surface area (Å²) in [6.45, 7) is 1.01. The zero-order chi connectivity index (χ0) is 20.8. The largest absolute Gasteiger partial charge is 0.417 e. The molecule has 12 heteroatoms. The van der Waals surface area contributed by atoms with Crippen LogP contribution in [-0.2, 0) is 27.5 Å². The molecule has 3 heterocycles. The Labute approximate surface area is 164 Å². The number of benzene rings is 1. The molecule has 0 radical (unpaired) electrons. The molecule has 2 fully saturated rings. The van der Waals surface area contributed by atoms with Crippen LogP contribution in [0, 0.1) is 0 Å². The van der Waals surface area contributed by atoms with E-state index < -0.39 is 26.7 Å². The van der Waals surface area contributed by atoms with Gasteiger partial charge >= 0.3 is 6.18 Å². The maximum absolute atomic E-state index is 13.2. The topological polar surface area (TPSA) is 88.4 Å². The average molecular weight is 429 g/mol. The van der Waals surface area contributed by atoms with Crippen molar-refractivity contribution < 1.29 is 26.4 Å². The molecule has 0 saturated carbocycles. The number of likely N-dealkylation sites (tertiary alicyclic amines) is 1. The molecule has 0 bridgehead atoms. The van der Waals surface area contributed by atoms with E-state index in [-0.39, 0.29) is 25.0 Å². The van der Waals surface area contributed by atoms with Crippen molar-refractivity contribution >= 4 is 15.9 Å². The summed E-state index contributed by atoms with van der Waals surface area (Å²) in [5, 5.41) is 7.99. The van der Waals surface area contributed by atoms with Gasteiger partial charge in [0.25, 0.3) is 0 Å². The number of carbonyl (C=O) groups excluding carboxylic acids is 1. The Bertz CT molecular complexity index is 1030. The average Bonchev–Trinajstić information content (AvgIpc) is 3.23. The van der Waals surface area contributed by atoms with Gasteiger partial charge in [0.05, 0.1) is 29.2 Å². The van der Waals surface area contributed by atoms with Gasteiger partial charge in [0, 0.05) is 26.1 Å². The van der Waals surface area contributed by atoms with Crippen molar-refractivity contribution in [3.63, 3.8) is 0 Å². The van der Waals surface area contributed by atoms with E-state index in [0.29, 0.717) is 25.2 Å². The molecular formula is C17H18F3N5O3S. The van der Waals surface area contributed by atoms with Crippen LogP contribution in [0.5, 0.6) is 0 Å². The third-order valence-corrected chi connectivity index (χ3v) is 6.98. The fourth-order valence-corrected chi connectivity index (χ4v) is 5.20. The van der Waals surface area contributed by atoms with Gasteiger partial charge in [-0.3, -0.25) is 4.79 Å². The van der Waals surface area contributed by atoms with E-state index in [4.69, 9.17) is 0 Å². The molecule has 4 rings (SSSR count). The van der Waals surface area contributed by atoms with Crippen molar-refractivity contribution in [3.05, 3.63) is 41.7 Å². The van der Waals surface area contributed by atoms with Crippen molar-refractivity contribution in [2.75, 3.05) is 19.6 Å². The normalized spacial score (nSPS) is 19.0. The van der Waals surface area contributed by atoms with Crippen molar-refractivity contribution in [1.82, 2.24) is 24.2 Å². The van der Waals surface area contributed by atoms with Gasteiger partial charge < -0.3 is 4.90 Å². The smallest absolute Gasteiger partial charge is 0.337 e. The number of aromatic nitrogens is 3. The number of sulfonamides is 1. The van der Waals surface area contributed by atoms with Crippen LogP contribution in [0.3, 0.4) is 0 Å². The fraction of sp³-hybridized carbons (Fsp3) is 0.471. The van der Waals surface area contributed by atoms with Gasteiger partial charge in [-0.25, -0.2) is 13.1 Å². The summed E-state index contributed by atoms with van der Waals surface area (Å²) < 4.78 is 67.3. The molecule has 2 aliphatic rings. The van der Waals surface area contributed by atoms with E-state index >= 15 is 0 Å². The predicted octanol–water partition coefficient (Wildman–Crippen LogP) is 1.66. The molecule has 1 amide bonds. The number of alkyl halides is 3. The maximum Gasteiger partial charge on any atom is 0.417 e. The summed E-state index contributed by atoms with van der Waals surface area (Å²) in [7, 11) is -4.28. The van der Waals surface area contributed by atoms with E-state index in [1.165, 1.54) is 10.7 Å². The summed E-state index contributed by atoms with van der Waals surface area (Å²) >= 11 is 0. The highest BCUT2D eigenvalue weighted by Gasteiger charge is 2.43. The number of hydrogen-bond acceptors (Lipinski definition) is 5. The van der Waals surface area contributed by atoms with Crippen LogP contribution in [0.2, 0.25) is 0 Å². The second-order valence-electron chi connectivity index (χ2n) is 7.08. The Kier molecular flexibility index (Phi) is 4.85. The van der Waals surface area contributed by atoms with Gasteiger partial charge in [-0.2, -0.15) is 17.5 Å². The van der Waals surface area contributed by atoms with Crippen LogP contribution in [0.1, 0.15) is 30.1 Å². The number of rotatable bonds is 5. The summed E-state index contributed by atoms with van der Waals surface area (Å²) in [6.07, 6.45) is -1.80. The molecule has 29 heavy (non-hydrogen) atoms. The van der Waals surface area contributed by atoms with E-state index in [1.807, 2.05) is 0 Å². The van der Waals surface area contributed by atoms with E-state index in [9.17, 15) is 26.4 Å². The maximum atomic E-state index is 13.2. The number of carbonyl (C=O) groups is 1. The Balaban J connectivity index is 1.44. The summed E-state index contributed by atoms with van der Waals surface area (Å²) in [6, 6.07) is 3.82. The first-order chi connectivity index (χ1) is 13.7. The first-order valence-electron chi connectivity index (χ1n) is 9.01. The fourth-order valence-electron chi connectivity index (χ4n) is 3.48. The van der Waals surface area contributed by atoms with Crippen molar-refractivity contribution in [2.24, 2.45) is 0 Å². The van der Waals surface area contributed by atoms with Crippen LogP contribution in [-0.4, -0.2) is 58.2 Å². The lowest BCUT2D eigenvalue weighted by molar-refractivity contribution is -0.140.